The molecule has 7 heteroatoms. The summed E-state index contributed by atoms with van der Waals surface area (Å²) >= 11 is 1.35. The molecule has 1 amide bonds. The number of methoxy groups -OCH3 is 1. The Morgan fingerprint density at radius 2 is 1.87 bits per heavy atom. The van der Waals surface area contributed by atoms with Crippen molar-refractivity contribution >= 4 is 34.1 Å². The monoisotopic (exact) mass is 430 g/mol. The van der Waals surface area contributed by atoms with Gasteiger partial charge in [0.2, 0.25) is 5.91 Å². The fourth-order valence-electron chi connectivity index (χ4n) is 3.24. The Bertz CT molecular complexity index is 1220. The number of rotatable bonds is 8. The summed E-state index contributed by atoms with van der Waals surface area (Å²) in [6.07, 6.45) is 1.79. The van der Waals surface area contributed by atoms with Gasteiger partial charge < -0.3 is 10.1 Å². The van der Waals surface area contributed by atoms with Crippen LogP contribution in [0.2, 0.25) is 0 Å². The number of ether oxygens (including phenoxy) is 1. The van der Waals surface area contributed by atoms with Gasteiger partial charge in [0.15, 0.2) is 11.0 Å². The molecule has 0 aliphatic carbocycles. The predicted molar refractivity (Wildman–Crippen MR) is 126 cm³/mol. The van der Waals surface area contributed by atoms with Crippen molar-refractivity contribution in [2.24, 2.45) is 0 Å². The summed E-state index contributed by atoms with van der Waals surface area (Å²) in [4.78, 5) is 12.5. The lowest BCUT2D eigenvalue weighted by molar-refractivity contribution is -0.113. The first kappa shape index (κ1) is 20.7. The van der Waals surface area contributed by atoms with Crippen LogP contribution in [-0.2, 0) is 11.3 Å². The average molecular weight is 431 g/mol. The molecule has 0 saturated heterocycles. The molecule has 1 N–H and O–H groups in total. The van der Waals surface area contributed by atoms with Gasteiger partial charge in [0.05, 0.1) is 12.9 Å². The van der Waals surface area contributed by atoms with Crippen LogP contribution in [0.1, 0.15) is 0 Å². The number of thioether (sulfide) groups is 1. The van der Waals surface area contributed by atoms with E-state index in [4.69, 9.17) is 4.74 Å². The standard InChI is InChI=1S/C24H22N4O2S/c1-3-14-28-23(18-9-12-21(30-2)13-10-18)26-27-24(28)31-16-22(29)25-20-11-8-17-6-4-5-7-19(17)15-20/h3-13,15H,1,14,16H2,2H3,(H,25,29). The van der Waals surface area contributed by atoms with Crippen molar-refractivity contribution in [1.29, 1.82) is 0 Å². The van der Waals surface area contributed by atoms with E-state index in [0.717, 1.165) is 33.6 Å². The molecule has 3 aromatic carbocycles. The summed E-state index contributed by atoms with van der Waals surface area (Å²) in [5, 5.41) is 14.5. The van der Waals surface area contributed by atoms with E-state index < -0.39 is 0 Å². The third-order valence-corrected chi connectivity index (χ3v) is 5.71. The third kappa shape index (κ3) is 4.78. The summed E-state index contributed by atoms with van der Waals surface area (Å²) < 4.78 is 7.17. The maximum absolute atomic E-state index is 12.5. The van der Waals surface area contributed by atoms with Crippen LogP contribution >= 0.6 is 11.8 Å². The molecular formula is C24H22N4O2S. The first-order chi connectivity index (χ1) is 15.2. The lowest BCUT2D eigenvalue weighted by atomic mass is 10.1. The molecule has 0 bridgehead atoms. The normalized spacial score (nSPS) is 10.7. The lowest BCUT2D eigenvalue weighted by Crippen LogP contribution is -2.14. The predicted octanol–water partition coefficient (Wildman–Crippen LogP) is 5.02. The molecule has 4 aromatic rings. The van der Waals surface area contributed by atoms with Gasteiger partial charge in [-0.3, -0.25) is 9.36 Å². The number of hydrogen-bond donors (Lipinski definition) is 1. The highest BCUT2D eigenvalue weighted by Gasteiger charge is 2.15. The number of amides is 1. The number of benzene rings is 3. The van der Waals surface area contributed by atoms with Crippen molar-refractivity contribution in [3.63, 3.8) is 0 Å². The second-order valence-electron chi connectivity index (χ2n) is 6.83. The Kier molecular flexibility index (Phi) is 6.33. The Morgan fingerprint density at radius 1 is 1.10 bits per heavy atom. The van der Waals surface area contributed by atoms with Crippen LogP contribution in [0.15, 0.2) is 84.5 Å². The number of carbonyl (C=O) groups excluding carboxylic acids is 1. The topological polar surface area (TPSA) is 69.0 Å². The van der Waals surface area contributed by atoms with Crippen LogP contribution < -0.4 is 10.1 Å². The van der Waals surface area contributed by atoms with Gasteiger partial charge in [-0.05, 0) is 47.2 Å². The molecule has 0 saturated carbocycles. The summed E-state index contributed by atoms with van der Waals surface area (Å²) in [6, 6.07) is 21.6. The third-order valence-electron chi connectivity index (χ3n) is 4.74. The first-order valence-corrected chi connectivity index (χ1v) is 10.8. The minimum atomic E-state index is -0.0977. The second kappa shape index (κ2) is 9.49. The quantitative estimate of drug-likeness (QED) is 0.314. The molecule has 0 spiro atoms. The van der Waals surface area contributed by atoms with E-state index in [9.17, 15) is 4.79 Å². The van der Waals surface area contributed by atoms with Crippen LogP contribution in [-0.4, -0.2) is 33.5 Å². The van der Waals surface area contributed by atoms with E-state index in [0.29, 0.717) is 11.7 Å². The van der Waals surface area contributed by atoms with Crippen molar-refractivity contribution in [3.8, 4) is 17.1 Å². The van der Waals surface area contributed by atoms with Crippen LogP contribution in [0.4, 0.5) is 5.69 Å². The fourth-order valence-corrected chi connectivity index (χ4v) is 3.98. The van der Waals surface area contributed by atoms with Crippen LogP contribution in [0.25, 0.3) is 22.2 Å². The second-order valence-corrected chi connectivity index (χ2v) is 7.78. The Labute approximate surface area is 185 Å². The van der Waals surface area contributed by atoms with Gasteiger partial charge in [-0.2, -0.15) is 0 Å². The highest BCUT2D eigenvalue weighted by molar-refractivity contribution is 7.99. The highest BCUT2D eigenvalue weighted by atomic mass is 32.2. The Hall–Kier alpha value is -3.58. The molecule has 0 fully saturated rings. The van der Waals surface area contributed by atoms with Crippen LogP contribution in [0.5, 0.6) is 5.75 Å². The number of carbonyl (C=O) groups is 1. The summed E-state index contributed by atoms with van der Waals surface area (Å²) in [7, 11) is 1.63. The minimum absolute atomic E-state index is 0.0977. The van der Waals surface area contributed by atoms with E-state index in [2.05, 4.69) is 22.1 Å². The molecular weight excluding hydrogens is 408 g/mol. The van der Waals surface area contributed by atoms with Gasteiger partial charge in [0.1, 0.15) is 5.75 Å². The van der Waals surface area contributed by atoms with Crippen molar-refractivity contribution in [3.05, 3.63) is 79.4 Å². The number of nitrogens with zero attached hydrogens (tertiary/aromatic N) is 3. The van der Waals surface area contributed by atoms with Gasteiger partial charge in [0, 0.05) is 17.8 Å². The van der Waals surface area contributed by atoms with E-state index >= 15 is 0 Å². The molecule has 156 valence electrons. The highest BCUT2D eigenvalue weighted by Crippen LogP contribution is 2.26. The zero-order valence-electron chi connectivity index (χ0n) is 17.1. The van der Waals surface area contributed by atoms with Crippen molar-refractivity contribution in [2.75, 3.05) is 18.2 Å². The number of fused-ring (bicyclic) bond motifs is 1. The Morgan fingerprint density at radius 3 is 2.61 bits per heavy atom. The largest absolute Gasteiger partial charge is 0.497 e. The first-order valence-electron chi connectivity index (χ1n) is 9.78. The number of allylic oxidation sites excluding steroid dienone is 1. The summed E-state index contributed by atoms with van der Waals surface area (Å²) in [5.74, 6) is 1.63. The molecule has 0 atom stereocenters. The van der Waals surface area contributed by atoms with Gasteiger partial charge in [-0.1, -0.05) is 48.2 Å². The van der Waals surface area contributed by atoms with E-state index in [1.807, 2.05) is 71.3 Å². The zero-order valence-corrected chi connectivity index (χ0v) is 17.9. The van der Waals surface area contributed by atoms with Crippen molar-refractivity contribution in [1.82, 2.24) is 14.8 Å². The van der Waals surface area contributed by atoms with Crippen LogP contribution in [0.3, 0.4) is 0 Å². The van der Waals surface area contributed by atoms with Gasteiger partial charge >= 0.3 is 0 Å². The molecule has 1 heterocycles. The van der Waals surface area contributed by atoms with Crippen molar-refractivity contribution in [2.45, 2.75) is 11.7 Å². The molecule has 0 unspecified atom stereocenters. The molecule has 0 radical (unpaired) electrons. The zero-order chi connectivity index (χ0) is 21.6. The number of aromatic nitrogens is 3. The maximum Gasteiger partial charge on any atom is 0.234 e. The number of hydrogen-bond acceptors (Lipinski definition) is 5. The number of nitrogens with one attached hydrogen (secondary N) is 1. The van der Waals surface area contributed by atoms with Gasteiger partial charge in [-0.15, -0.1) is 16.8 Å². The lowest BCUT2D eigenvalue weighted by Gasteiger charge is -2.09. The van der Waals surface area contributed by atoms with Crippen LogP contribution in [0, 0.1) is 0 Å². The summed E-state index contributed by atoms with van der Waals surface area (Å²) in [6.45, 7) is 4.37. The SMILES string of the molecule is C=CCn1c(SCC(=O)Nc2ccc3ccccc3c2)nnc1-c1ccc(OC)cc1. The van der Waals surface area contributed by atoms with Crippen molar-refractivity contribution < 1.29 is 9.53 Å². The fraction of sp³-hybridized carbons (Fsp3) is 0.125. The van der Waals surface area contributed by atoms with Gasteiger partial charge in [0.25, 0.3) is 0 Å². The van der Waals surface area contributed by atoms with E-state index in [1.165, 1.54) is 11.8 Å². The minimum Gasteiger partial charge on any atom is -0.497 e. The molecule has 0 aliphatic heterocycles. The van der Waals surface area contributed by atoms with Gasteiger partial charge in [-0.25, -0.2) is 0 Å². The van der Waals surface area contributed by atoms with E-state index in [1.54, 1.807) is 13.2 Å². The average Bonchev–Trinajstić information content (AvgIpc) is 3.20. The smallest absolute Gasteiger partial charge is 0.234 e. The molecule has 31 heavy (non-hydrogen) atoms. The number of anilines is 1. The molecule has 6 nitrogen and oxygen atoms in total. The summed E-state index contributed by atoms with van der Waals surface area (Å²) in [5.41, 5.74) is 1.69. The molecule has 1 aromatic heterocycles. The Balaban J connectivity index is 1.46. The molecule has 0 aliphatic rings. The maximum atomic E-state index is 12.5. The molecule has 4 rings (SSSR count). The van der Waals surface area contributed by atoms with E-state index in [-0.39, 0.29) is 11.7 Å².